The first-order chi connectivity index (χ1) is 15.0. The summed E-state index contributed by atoms with van der Waals surface area (Å²) in [7, 11) is 0. The van der Waals surface area contributed by atoms with Crippen LogP contribution in [-0.4, -0.2) is 31.4 Å². The number of aryl methyl sites for hydroxylation is 1. The molecule has 0 radical (unpaired) electrons. The van der Waals surface area contributed by atoms with Crippen molar-refractivity contribution in [3.8, 4) is 0 Å². The van der Waals surface area contributed by atoms with Crippen molar-refractivity contribution >= 4 is 52.1 Å². The highest BCUT2D eigenvalue weighted by Crippen LogP contribution is 2.25. The minimum Gasteiger partial charge on any atom is -0.300 e. The third kappa shape index (κ3) is 4.64. The summed E-state index contributed by atoms with van der Waals surface area (Å²) in [5.74, 6) is 0.505. The molecule has 0 bridgehead atoms. The molecule has 0 saturated carbocycles. The van der Waals surface area contributed by atoms with Crippen LogP contribution in [0.4, 0.5) is 23.0 Å². The fourth-order valence-corrected chi connectivity index (χ4v) is 2.68. The van der Waals surface area contributed by atoms with Crippen LogP contribution in [0, 0.1) is 17.0 Å². The summed E-state index contributed by atoms with van der Waals surface area (Å²) in [6.07, 6.45) is 1.38. The summed E-state index contributed by atoms with van der Waals surface area (Å²) in [6.45, 7) is 1.99. The van der Waals surface area contributed by atoms with Gasteiger partial charge in [0.1, 0.15) is 5.02 Å². The maximum Gasteiger partial charge on any atom is 0.288 e. The largest absolute Gasteiger partial charge is 0.300 e. The Hall–Kier alpha value is -4.32. The van der Waals surface area contributed by atoms with Crippen LogP contribution in [0.15, 0.2) is 52.2 Å². The predicted molar refractivity (Wildman–Crippen MR) is 115 cm³/mol. The third-order valence-electron chi connectivity index (χ3n) is 4.04. The number of fused-ring (bicyclic) bond motifs is 1. The van der Waals surface area contributed by atoms with Gasteiger partial charge in [0.05, 0.1) is 16.8 Å². The predicted octanol–water partition coefficient (Wildman–Crippen LogP) is 3.77. The van der Waals surface area contributed by atoms with Crippen LogP contribution in [0.3, 0.4) is 0 Å². The molecule has 0 aliphatic heterocycles. The molecule has 0 atom stereocenters. The third-order valence-corrected chi connectivity index (χ3v) is 4.36. The van der Waals surface area contributed by atoms with Gasteiger partial charge in [-0.1, -0.05) is 35.4 Å². The Bertz CT molecular complexity index is 1270. The molecule has 156 valence electrons. The zero-order valence-corrected chi connectivity index (χ0v) is 16.7. The Morgan fingerprint density at radius 2 is 1.77 bits per heavy atom. The van der Waals surface area contributed by atoms with Gasteiger partial charge in [0.15, 0.2) is 11.6 Å². The molecule has 4 aromatic rings. The Morgan fingerprint density at radius 1 is 1.06 bits per heavy atom. The van der Waals surface area contributed by atoms with Gasteiger partial charge in [-0.25, -0.2) is 4.63 Å². The van der Waals surface area contributed by atoms with Crippen molar-refractivity contribution in [2.45, 2.75) is 6.92 Å². The molecule has 0 unspecified atom stereocenters. The number of nitro benzene ring substituents is 1. The van der Waals surface area contributed by atoms with E-state index in [4.69, 9.17) is 11.6 Å². The Labute approximate surface area is 179 Å². The number of aromatic nitrogens is 4. The smallest absolute Gasteiger partial charge is 0.288 e. The molecule has 0 amide bonds. The summed E-state index contributed by atoms with van der Waals surface area (Å²) >= 11 is 5.82. The monoisotopic (exact) mass is 439 g/mol. The first kappa shape index (κ1) is 20.0. The Morgan fingerprint density at radius 3 is 2.48 bits per heavy atom. The topological polar surface area (TPSA) is 156 Å². The minimum absolute atomic E-state index is 0.0404. The van der Waals surface area contributed by atoms with E-state index in [1.54, 1.807) is 6.07 Å². The lowest BCUT2D eigenvalue weighted by atomic mass is 10.2. The normalized spacial score (nSPS) is 11.0. The molecule has 2 heterocycles. The first-order valence-electron chi connectivity index (χ1n) is 8.81. The van der Waals surface area contributed by atoms with Gasteiger partial charge in [-0.3, -0.25) is 26.4 Å². The number of nitrogens with zero attached hydrogens (tertiary/aromatic N) is 6. The fourth-order valence-electron chi connectivity index (χ4n) is 2.49. The van der Waals surface area contributed by atoms with E-state index in [2.05, 4.69) is 46.3 Å². The molecule has 4 rings (SSSR count). The summed E-state index contributed by atoms with van der Waals surface area (Å²) in [5, 5.41) is 22.5. The van der Waals surface area contributed by atoms with Crippen LogP contribution in [0.25, 0.3) is 11.3 Å². The number of halogens is 1. The van der Waals surface area contributed by atoms with E-state index in [0.29, 0.717) is 5.56 Å². The maximum absolute atomic E-state index is 11.0. The quantitative estimate of drug-likeness (QED) is 0.220. The molecule has 13 heteroatoms. The number of benzene rings is 2. The number of hydrazine groups is 1. The van der Waals surface area contributed by atoms with E-state index in [1.807, 2.05) is 31.2 Å². The van der Waals surface area contributed by atoms with Gasteiger partial charge in [-0.2, -0.15) is 15.1 Å². The van der Waals surface area contributed by atoms with E-state index in [1.165, 1.54) is 18.3 Å². The van der Waals surface area contributed by atoms with Crippen LogP contribution in [0.5, 0.6) is 0 Å². The second kappa shape index (κ2) is 8.59. The molecule has 3 N–H and O–H groups in total. The Kier molecular flexibility index (Phi) is 5.53. The molecule has 0 aliphatic carbocycles. The average molecular weight is 440 g/mol. The maximum atomic E-state index is 11.0. The van der Waals surface area contributed by atoms with Gasteiger partial charge in [-0.15, -0.1) is 0 Å². The van der Waals surface area contributed by atoms with E-state index < -0.39 is 4.92 Å². The van der Waals surface area contributed by atoms with E-state index >= 15 is 0 Å². The lowest BCUT2D eigenvalue weighted by Gasteiger charge is -2.11. The van der Waals surface area contributed by atoms with Gasteiger partial charge >= 0.3 is 0 Å². The zero-order chi connectivity index (χ0) is 21.8. The highest BCUT2D eigenvalue weighted by molar-refractivity contribution is 6.32. The molecule has 2 aromatic heterocycles. The second-order valence-electron chi connectivity index (χ2n) is 6.29. The van der Waals surface area contributed by atoms with E-state index in [-0.39, 0.29) is 33.6 Å². The lowest BCUT2D eigenvalue weighted by molar-refractivity contribution is -0.384. The van der Waals surface area contributed by atoms with Gasteiger partial charge in [-0.05, 0) is 35.4 Å². The molecule has 31 heavy (non-hydrogen) atoms. The minimum atomic E-state index is -0.567. The standard InChI is InChI=1S/C18H14ClN9O3/c1-10-2-5-12(6-3-10)23-25-16-15(21-17-18(22-16)27-31-26-17)24-20-9-11-4-7-13(19)14(8-11)28(29)30/h2-9,23H,1H3,(H,21,24,26)(H,22,25,27)/b20-9+. The molecular formula is C18H14ClN9O3. The van der Waals surface area contributed by atoms with Crippen molar-refractivity contribution in [1.29, 1.82) is 0 Å². The number of anilines is 3. The number of hydrazone groups is 1. The van der Waals surface area contributed by atoms with Crippen LogP contribution in [0.1, 0.15) is 11.1 Å². The molecule has 2 aromatic carbocycles. The van der Waals surface area contributed by atoms with Crippen molar-refractivity contribution in [3.05, 3.63) is 68.7 Å². The number of hydrogen-bond acceptors (Lipinski definition) is 11. The van der Waals surface area contributed by atoms with Crippen molar-refractivity contribution in [1.82, 2.24) is 20.3 Å². The Balaban J connectivity index is 1.55. The van der Waals surface area contributed by atoms with Gasteiger partial charge in [0.25, 0.3) is 5.69 Å². The van der Waals surface area contributed by atoms with Crippen molar-refractivity contribution in [2.75, 3.05) is 16.3 Å². The fraction of sp³-hybridized carbons (Fsp3) is 0.0556. The molecule has 12 nitrogen and oxygen atoms in total. The summed E-state index contributed by atoms with van der Waals surface area (Å²) in [4.78, 5) is 19.0. The number of nitro groups is 1. The average Bonchev–Trinajstić information content (AvgIpc) is 3.21. The van der Waals surface area contributed by atoms with Crippen LogP contribution in [0.2, 0.25) is 5.02 Å². The highest BCUT2D eigenvalue weighted by atomic mass is 35.5. The van der Waals surface area contributed by atoms with Crippen LogP contribution in [-0.2, 0) is 0 Å². The molecule has 0 spiro atoms. The second-order valence-corrected chi connectivity index (χ2v) is 6.69. The van der Waals surface area contributed by atoms with Crippen molar-refractivity contribution in [2.24, 2.45) is 5.10 Å². The number of nitrogens with one attached hydrogen (secondary N) is 3. The molecule has 0 saturated heterocycles. The molecule has 0 fully saturated rings. The lowest BCUT2D eigenvalue weighted by Crippen LogP contribution is -2.13. The molecule has 0 aliphatic rings. The molecular weight excluding hydrogens is 426 g/mol. The summed E-state index contributed by atoms with van der Waals surface area (Å²) < 4.78 is 4.66. The van der Waals surface area contributed by atoms with Crippen molar-refractivity contribution < 1.29 is 9.55 Å². The SMILES string of the molecule is Cc1ccc(NNc2nc3nonc3nc2N/N=C/c2ccc(Cl)c([N+](=O)[O-])c2)cc1. The van der Waals surface area contributed by atoms with E-state index in [0.717, 1.165) is 11.3 Å². The summed E-state index contributed by atoms with van der Waals surface area (Å²) in [6, 6.07) is 12.0. The van der Waals surface area contributed by atoms with E-state index in [9.17, 15) is 10.1 Å². The van der Waals surface area contributed by atoms with Crippen LogP contribution < -0.4 is 16.3 Å². The van der Waals surface area contributed by atoms with Crippen LogP contribution >= 0.6 is 11.6 Å². The highest BCUT2D eigenvalue weighted by Gasteiger charge is 2.13. The zero-order valence-electron chi connectivity index (χ0n) is 15.9. The van der Waals surface area contributed by atoms with Crippen molar-refractivity contribution in [3.63, 3.8) is 0 Å². The number of rotatable bonds is 7. The van der Waals surface area contributed by atoms with Gasteiger partial charge in [0.2, 0.25) is 11.3 Å². The first-order valence-corrected chi connectivity index (χ1v) is 9.19. The number of hydrogen-bond donors (Lipinski definition) is 3. The summed E-state index contributed by atoms with van der Waals surface area (Å²) in [5.41, 5.74) is 11.2. The van der Waals surface area contributed by atoms with Gasteiger partial charge < -0.3 is 0 Å². The van der Waals surface area contributed by atoms with Gasteiger partial charge in [0, 0.05) is 11.6 Å².